The highest BCUT2D eigenvalue weighted by Crippen LogP contribution is 2.30. The summed E-state index contributed by atoms with van der Waals surface area (Å²) in [6, 6.07) is 3.09. The first kappa shape index (κ1) is 14.4. The van der Waals surface area contributed by atoms with E-state index in [2.05, 4.69) is 0 Å². The van der Waals surface area contributed by atoms with E-state index in [9.17, 15) is 4.79 Å². The maximum atomic E-state index is 12.6. The van der Waals surface area contributed by atoms with Crippen LogP contribution in [-0.4, -0.2) is 36.1 Å². The summed E-state index contributed by atoms with van der Waals surface area (Å²) in [5.74, 6) is -0.165. The van der Waals surface area contributed by atoms with Gasteiger partial charge in [-0.15, -0.1) is 0 Å². The van der Waals surface area contributed by atoms with Gasteiger partial charge in [-0.25, -0.2) is 0 Å². The maximum absolute atomic E-state index is 12.6. The molecule has 4 nitrogen and oxygen atoms in total. The number of anilines is 1. The summed E-state index contributed by atoms with van der Waals surface area (Å²) in [7, 11) is 0. The third-order valence-corrected chi connectivity index (χ3v) is 3.95. The number of nitrogens with two attached hydrogens (primary N) is 1. The predicted molar refractivity (Wildman–Crippen MR) is 76.8 cm³/mol. The maximum Gasteiger partial charge on any atom is 0.255 e. The van der Waals surface area contributed by atoms with E-state index in [1.54, 1.807) is 11.0 Å². The highest BCUT2D eigenvalue weighted by atomic mass is 35.5. The molecule has 0 saturated carbocycles. The first-order valence-electron chi connectivity index (χ1n) is 6.07. The van der Waals surface area contributed by atoms with Crippen LogP contribution in [0.4, 0.5) is 5.69 Å². The SMILES string of the molecule is CC1CN(C(=O)c2cc(N)cc(Cl)c2Cl)C(C)CO1. The fourth-order valence-corrected chi connectivity index (χ4v) is 2.52. The number of carbonyl (C=O) groups is 1. The highest BCUT2D eigenvalue weighted by molar-refractivity contribution is 6.44. The van der Waals surface area contributed by atoms with E-state index in [1.807, 2.05) is 13.8 Å². The molecule has 1 aromatic carbocycles. The normalized spacial score (nSPS) is 23.5. The molecule has 2 unspecified atom stereocenters. The van der Waals surface area contributed by atoms with E-state index < -0.39 is 0 Å². The molecule has 0 aromatic heterocycles. The minimum atomic E-state index is -0.165. The van der Waals surface area contributed by atoms with Crippen molar-refractivity contribution in [1.82, 2.24) is 4.90 Å². The van der Waals surface area contributed by atoms with E-state index in [4.69, 9.17) is 33.7 Å². The Morgan fingerprint density at radius 3 is 2.79 bits per heavy atom. The van der Waals surface area contributed by atoms with E-state index >= 15 is 0 Å². The second-order valence-electron chi connectivity index (χ2n) is 4.81. The largest absolute Gasteiger partial charge is 0.399 e. The molecule has 0 radical (unpaired) electrons. The Morgan fingerprint density at radius 1 is 1.42 bits per heavy atom. The summed E-state index contributed by atoms with van der Waals surface area (Å²) < 4.78 is 5.51. The molecule has 1 aliphatic heterocycles. The van der Waals surface area contributed by atoms with Crippen LogP contribution in [0.3, 0.4) is 0 Å². The van der Waals surface area contributed by atoms with E-state index in [0.29, 0.717) is 29.4 Å². The standard InChI is InChI=1S/C13H16Cl2N2O2/c1-7-6-19-8(2)5-17(7)13(18)10-3-9(16)4-11(14)12(10)15/h3-4,7-8H,5-6,16H2,1-2H3. The topological polar surface area (TPSA) is 55.6 Å². The lowest BCUT2D eigenvalue weighted by Gasteiger charge is -2.37. The molecule has 2 rings (SSSR count). The number of hydrogen-bond acceptors (Lipinski definition) is 3. The van der Waals surface area contributed by atoms with Crippen LogP contribution in [0, 0.1) is 0 Å². The van der Waals surface area contributed by atoms with Gasteiger partial charge in [-0.05, 0) is 26.0 Å². The van der Waals surface area contributed by atoms with Gasteiger partial charge in [-0.1, -0.05) is 23.2 Å². The number of amides is 1. The Kier molecular flexibility index (Phi) is 4.23. The zero-order chi connectivity index (χ0) is 14.2. The fourth-order valence-electron chi connectivity index (χ4n) is 2.11. The lowest BCUT2D eigenvalue weighted by Crippen LogP contribution is -2.50. The first-order chi connectivity index (χ1) is 8.90. The van der Waals surface area contributed by atoms with Crippen molar-refractivity contribution >= 4 is 34.8 Å². The van der Waals surface area contributed by atoms with Crippen molar-refractivity contribution in [2.45, 2.75) is 26.0 Å². The Balaban J connectivity index is 2.33. The molecule has 0 bridgehead atoms. The zero-order valence-corrected chi connectivity index (χ0v) is 12.3. The summed E-state index contributed by atoms with van der Waals surface area (Å²) in [5.41, 5.74) is 6.48. The van der Waals surface area contributed by atoms with E-state index in [-0.39, 0.29) is 23.1 Å². The third-order valence-electron chi connectivity index (χ3n) is 3.15. The second-order valence-corrected chi connectivity index (χ2v) is 5.60. The number of rotatable bonds is 1. The zero-order valence-electron chi connectivity index (χ0n) is 10.8. The van der Waals surface area contributed by atoms with Crippen LogP contribution < -0.4 is 5.73 Å². The molecule has 2 N–H and O–H groups in total. The quantitative estimate of drug-likeness (QED) is 0.812. The molecule has 2 atom stereocenters. The number of halogens is 2. The lowest BCUT2D eigenvalue weighted by molar-refractivity contribution is -0.0387. The number of hydrogen-bond donors (Lipinski definition) is 1. The molecule has 1 aromatic rings. The van der Waals surface area contributed by atoms with Gasteiger partial charge in [-0.2, -0.15) is 0 Å². The minimum absolute atomic E-state index is 0.0000252. The average molecular weight is 303 g/mol. The number of carbonyl (C=O) groups excluding carboxylic acids is 1. The van der Waals surface area contributed by atoms with Crippen molar-refractivity contribution in [2.75, 3.05) is 18.9 Å². The molecule has 1 heterocycles. The molecule has 1 saturated heterocycles. The van der Waals surface area contributed by atoms with Crippen LogP contribution in [0.25, 0.3) is 0 Å². The van der Waals surface area contributed by atoms with Gasteiger partial charge in [0.15, 0.2) is 0 Å². The van der Waals surface area contributed by atoms with Gasteiger partial charge in [0, 0.05) is 12.2 Å². The van der Waals surface area contributed by atoms with Crippen LogP contribution in [0.1, 0.15) is 24.2 Å². The molecule has 1 fully saturated rings. The van der Waals surface area contributed by atoms with Crippen LogP contribution in [-0.2, 0) is 4.74 Å². The highest BCUT2D eigenvalue weighted by Gasteiger charge is 2.29. The van der Waals surface area contributed by atoms with Gasteiger partial charge in [0.1, 0.15) is 0 Å². The molecule has 19 heavy (non-hydrogen) atoms. The molecule has 104 valence electrons. The summed E-state index contributed by atoms with van der Waals surface area (Å²) in [6.07, 6.45) is 0.00968. The first-order valence-corrected chi connectivity index (χ1v) is 6.83. The lowest BCUT2D eigenvalue weighted by atomic mass is 10.1. The number of benzene rings is 1. The molecule has 6 heteroatoms. The van der Waals surface area contributed by atoms with Crippen molar-refractivity contribution in [3.05, 3.63) is 27.7 Å². The molecular formula is C13H16Cl2N2O2. The Morgan fingerprint density at radius 2 is 2.11 bits per heavy atom. The van der Waals surface area contributed by atoms with Crippen molar-refractivity contribution in [3.63, 3.8) is 0 Å². The number of nitrogen functional groups attached to an aromatic ring is 1. The summed E-state index contributed by atoms with van der Waals surface area (Å²) in [4.78, 5) is 14.3. The fraction of sp³-hybridized carbons (Fsp3) is 0.462. The van der Waals surface area contributed by atoms with Gasteiger partial charge in [0.05, 0.1) is 34.4 Å². The predicted octanol–water partition coefficient (Wildman–Crippen LogP) is 2.83. The summed E-state index contributed by atoms with van der Waals surface area (Å²) in [5, 5.41) is 0.534. The van der Waals surface area contributed by atoms with Gasteiger partial charge in [0.25, 0.3) is 5.91 Å². The third kappa shape index (κ3) is 2.96. The molecule has 0 aliphatic carbocycles. The van der Waals surface area contributed by atoms with Gasteiger partial charge < -0.3 is 15.4 Å². The van der Waals surface area contributed by atoms with Crippen LogP contribution in [0.2, 0.25) is 10.0 Å². The Bertz CT molecular complexity index is 508. The Labute approximate surface area is 122 Å². The summed E-state index contributed by atoms with van der Waals surface area (Å²) in [6.45, 7) is 4.91. The number of nitrogens with zero attached hydrogens (tertiary/aromatic N) is 1. The molecule has 0 spiro atoms. The number of ether oxygens (including phenoxy) is 1. The smallest absolute Gasteiger partial charge is 0.255 e. The molecule has 1 aliphatic rings. The van der Waals surface area contributed by atoms with Gasteiger partial charge in [-0.3, -0.25) is 4.79 Å². The van der Waals surface area contributed by atoms with E-state index in [0.717, 1.165) is 0 Å². The van der Waals surface area contributed by atoms with Crippen molar-refractivity contribution in [1.29, 1.82) is 0 Å². The molecular weight excluding hydrogens is 287 g/mol. The second kappa shape index (κ2) is 5.57. The average Bonchev–Trinajstić information content (AvgIpc) is 2.36. The summed E-state index contributed by atoms with van der Waals surface area (Å²) >= 11 is 12.1. The van der Waals surface area contributed by atoms with E-state index in [1.165, 1.54) is 6.07 Å². The van der Waals surface area contributed by atoms with Crippen LogP contribution in [0.5, 0.6) is 0 Å². The van der Waals surface area contributed by atoms with Gasteiger partial charge >= 0.3 is 0 Å². The molecule has 1 amide bonds. The van der Waals surface area contributed by atoms with Crippen LogP contribution in [0.15, 0.2) is 12.1 Å². The van der Waals surface area contributed by atoms with Crippen LogP contribution >= 0.6 is 23.2 Å². The Hall–Kier alpha value is -0.970. The van der Waals surface area contributed by atoms with Gasteiger partial charge in [0.2, 0.25) is 0 Å². The monoisotopic (exact) mass is 302 g/mol. The van der Waals surface area contributed by atoms with Crippen molar-refractivity contribution in [3.8, 4) is 0 Å². The number of morpholine rings is 1. The van der Waals surface area contributed by atoms with Crippen molar-refractivity contribution < 1.29 is 9.53 Å². The minimum Gasteiger partial charge on any atom is -0.399 e. The van der Waals surface area contributed by atoms with Crippen molar-refractivity contribution in [2.24, 2.45) is 0 Å².